The molecule has 0 saturated heterocycles. The molecule has 2 rings (SSSR count). The topological polar surface area (TPSA) is 52.1 Å². The highest BCUT2D eigenvalue weighted by Gasteiger charge is 2.08. The van der Waals surface area contributed by atoms with Crippen molar-refractivity contribution < 1.29 is 9.53 Å². The molecule has 0 amide bonds. The van der Waals surface area contributed by atoms with Crippen molar-refractivity contribution in [1.82, 2.24) is 9.97 Å². The van der Waals surface area contributed by atoms with Crippen LogP contribution in [0, 0.1) is 6.92 Å². The summed E-state index contributed by atoms with van der Waals surface area (Å²) >= 11 is 0. The van der Waals surface area contributed by atoms with Crippen molar-refractivity contribution in [2.45, 2.75) is 13.3 Å². The third kappa shape index (κ3) is 2.91. The van der Waals surface area contributed by atoms with Crippen LogP contribution < -0.4 is 4.74 Å². The number of carbonyl (C=O) groups is 1. The largest absolute Gasteiger partial charge is 0.497 e. The summed E-state index contributed by atoms with van der Waals surface area (Å²) in [6.07, 6.45) is 1.77. The molecule has 0 aliphatic rings. The van der Waals surface area contributed by atoms with E-state index < -0.39 is 0 Å². The lowest BCUT2D eigenvalue weighted by molar-refractivity contribution is 0.0992. The van der Waals surface area contributed by atoms with Gasteiger partial charge in [0.05, 0.1) is 19.2 Å². The molecule has 0 fully saturated rings. The minimum atomic E-state index is 0.0377. The van der Waals surface area contributed by atoms with Crippen molar-refractivity contribution in [1.29, 1.82) is 0 Å². The van der Waals surface area contributed by atoms with Crippen LogP contribution in [0.15, 0.2) is 36.7 Å². The van der Waals surface area contributed by atoms with E-state index in [1.807, 2.05) is 13.0 Å². The van der Waals surface area contributed by atoms with Gasteiger partial charge in [-0.2, -0.15) is 0 Å². The molecule has 0 N–H and O–H groups in total. The Labute approximate surface area is 106 Å². The van der Waals surface area contributed by atoms with Crippen molar-refractivity contribution in [2.24, 2.45) is 0 Å². The molecule has 4 heteroatoms. The van der Waals surface area contributed by atoms with Crippen LogP contribution in [0.25, 0.3) is 0 Å². The number of carbonyl (C=O) groups excluding carboxylic acids is 1. The van der Waals surface area contributed by atoms with E-state index in [4.69, 9.17) is 4.74 Å². The predicted molar refractivity (Wildman–Crippen MR) is 67.8 cm³/mol. The zero-order chi connectivity index (χ0) is 13.0. The number of aromatic nitrogens is 2. The summed E-state index contributed by atoms with van der Waals surface area (Å²) < 4.78 is 5.05. The molecule has 0 saturated carbocycles. The summed E-state index contributed by atoms with van der Waals surface area (Å²) in [5.74, 6) is 0.778. The summed E-state index contributed by atoms with van der Waals surface area (Å²) in [5, 5.41) is 0. The third-order valence-electron chi connectivity index (χ3n) is 2.61. The smallest absolute Gasteiger partial charge is 0.168 e. The van der Waals surface area contributed by atoms with Crippen LogP contribution in [-0.4, -0.2) is 22.9 Å². The van der Waals surface area contributed by atoms with Gasteiger partial charge in [0.1, 0.15) is 12.1 Å². The van der Waals surface area contributed by atoms with Crippen LogP contribution in [0.1, 0.15) is 21.7 Å². The van der Waals surface area contributed by atoms with Crippen molar-refractivity contribution in [3.8, 4) is 5.75 Å². The maximum atomic E-state index is 12.0. The average molecular weight is 242 g/mol. The predicted octanol–water partition coefficient (Wildman–Crippen LogP) is 2.22. The van der Waals surface area contributed by atoms with Gasteiger partial charge in [0, 0.05) is 11.3 Å². The monoisotopic (exact) mass is 242 g/mol. The maximum absolute atomic E-state index is 12.0. The Bertz CT molecular complexity index is 550. The normalized spacial score (nSPS) is 10.1. The second kappa shape index (κ2) is 5.40. The number of Topliss-reactive ketones (excluding diaryl/α,β-unsaturated/α-hetero) is 1. The number of hydrogen-bond donors (Lipinski definition) is 0. The highest BCUT2D eigenvalue weighted by Crippen LogP contribution is 2.13. The molecule has 2 aromatic rings. The molecular formula is C14H14N2O2. The molecule has 1 heterocycles. The fourth-order valence-corrected chi connectivity index (χ4v) is 1.65. The second-order valence-electron chi connectivity index (χ2n) is 3.98. The number of aryl methyl sites for hydroxylation is 1. The van der Waals surface area contributed by atoms with E-state index in [-0.39, 0.29) is 12.2 Å². The Hall–Kier alpha value is -2.23. The summed E-state index contributed by atoms with van der Waals surface area (Å²) in [4.78, 5) is 20.1. The molecule has 0 unspecified atom stereocenters. The Morgan fingerprint density at radius 2 is 1.94 bits per heavy atom. The van der Waals surface area contributed by atoms with Gasteiger partial charge < -0.3 is 4.74 Å². The molecule has 18 heavy (non-hydrogen) atoms. The van der Waals surface area contributed by atoms with Gasteiger partial charge in [0.15, 0.2) is 5.78 Å². The molecule has 4 nitrogen and oxygen atoms in total. The summed E-state index contributed by atoms with van der Waals surface area (Å²) in [6, 6.07) is 8.89. The average Bonchev–Trinajstić information content (AvgIpc) is 2.39. The van der Waals surface area contributed by atoms with Gasteiger partial charge in [-0.05, 0) is 37.3 Å². The minimum Gasteiger partial charge on any atom is -0.497 e. The van der Waals surface area contributed by atoms with Crippen LogP contribution >= 0.6 is 0 Å². The fraction of sp³-hybridized carbons (Fsp3) is 0.214. The SMILES string of the molecule is COc1ccc(C(=O)Cc2cc(C)ncn2)cc1. The third-order valence-corrected chi connectivity index (χ3v) is 2.61. The number of rotatable bonds is 4. The molecular weight excluding hydrogens is 228 g/mol. The van der Waals surface area contributed by atoms with E-state index in [0.717, 1.165) is 17.1 Å². The number of hydrogen-bond acceptors (Lipinski definition) is 4. The van der Waals surface area contributed by atoms with Crippen LogP contribution in [0.4, 0.5) is 0 Å². The fourth-order valence-electron chi connectivity index (χ4n) is 1.65. The van der Waals surface area contributed by atoms with Gasteiger partial charge in [-0.1, -0.05) is 0 Å². The lowest BCUT2D eigenvalue weighted by atomic mass is 10.1. The molecule has 1 aromatic heterocycles. The first-order chi connectivity index (χ1) is 8.69. The first-order valence-electron chi connectivity index (χ1n) is 5.64. The first-order valence-corrected chi connectivity index (χ1v) is 5.64. The maximum Gasteiger partial charge on any atom is 0.168 e. The van der Waals surface area contributed by atoms with Crippen molar-refractivity contribution in [3.63, 3.8) is 0 Å². The lowest BCUT2D eigenvalue weighted by Crippen LogP contribution is -2.05. The van der Waals surface area contributed by atoms with Gasteiger partial charge in [0.2, 0.25) is 0 Å². The molecule has 0 bridgehead atoms. The standard InChI is InChI=1S/C14H14N2O2/c1-10-7-12(16-9-15-10)8-14(17)11-3-5-13(18-2)6-4-11/h3-7,9H,8H2,1-2H3. The number of ketones is 1. The van der Waals surface area contributed by atoms with E-state index in [1.165, 1.54) is 6.33 Å². The Kier molecular flexibility index (Phi) is 3.67. The van der Waals surface area contributed by atoms with Crippen LogP contribution in [0.2, 0.25) is 0 Å². The van der Waals surface area contributed by atoms with Gasteiger partial charge in [-0.25, -0.2) is 9.97 Å². The second-order valence-corrected chi connectivity index (χ2v) is 3.98. The highest BCUT2D eigenvalue weighted by atomic mass is 16.5. The van der Waals surface area contributed by atoms with Gasteiger partial charge in [-0.3, -0.25) is 4.79 Å². The Morgan fingerprint density at radius 1 is 1.22 bits per heavy atom. The van der Waals surface area contributed by atoms with E-state index in [0.29, 0.717) is 5.56 Å². The molecule has 0 atom stereocenters. The van der Waals surface area contributed by atoms with Crippen molar-refractivity contribution >= 4 is 5.78 Å². The van der Waals surface area contributed by atoms with E-state index in [1.54, 1.807) is 31.4 Å². The number of nitrogens with zero attached hydrogens (tertiary/aromatic N) is 2. The molecule has 0 spiro atoms. The first kappa shape index (κ1) is 12.2. The molecule has 0 aliphatic heterocycles. The number of ether oxygens (including phenoxy) is 1. The molecule has 92 valence electrons. The highest BCUT2D eigenvalue weighted by molar-refractivity contribution is 5.97. The number of benzene rings is 1. The van der Waals surface area contributed by atoms with Crippen LogP contribution in [0.3, 0.4) is 0 Å². The van der Waals surface area contributed by atoms with Crippen molar-refractivity contribution in [2.75, 3.05) is 7.11 Å². The summed E-state index contributed by atoms with van der Waals surface area (Å²) in [7, 11) is 1.60. The summed E-state index contributed by atoms with van der Waals surface area (Å²) in [6.45, 7) is 1.88. The Balaban J connectivity index is 2.11. The molecule has 0 radical (unpaired) electrons. The van der Waals surface area contributed by atoms with Crippen LogP contribution in [0.5, 0.6) is 5.75 Å². The van der Waals surface area contributed by atoms with Crippen LogP contribution in [-0.2, 0) is 6.42 Å². The zero-order valence-corrected chi connectivity index (χ0v) is 10.4. The Morgan fingerprint density at radius 3 is 2.56 bits per heavy atom. The summed E-state index contributed by atoms with van der Waals surface area (Å²) in [5.41, 5.74) is 2.26. The number of methoxy groups -OCH3 is 1. The molecule has 1 aromatic carbocycles. The van der Waals surface area contributed by atoms with Gasteiger partial charge in [-0.15, -0.1) is 0 Å². The quantitative estimate of drug-likeness (QED) is 0.771. The van der Waals surface area contributed by atoms with Crippen molar-refractivity contribution in [3.05, 3.63) is 53.6 Å². The van der Waals surface area contributed by atoms with E-state index in [2.05, 4.69) is 9.97 Å². The molecule has 0 aliphatic carbocycles. The van der Waals surface area contributed by atoms with E-state index >= 15 is 0 Å². The zero-order valence-electron chi connectivity index (χ0n) is 10.4. The van der Waals surface area contributed by atoms with Gasteiger partial charge >= 0.3 is 0 Å². The van der Waals surface area contributed by atoms with Gasteiger partial charge in [0.25, 0.3) is 0 Å². The minimum absolute atomic E-state index is 0.0377. The lowest BCUT2D eigenvalue weighted by Gasteiger charge is -2.03. The van der Waals surface area contributed by atoms with E-state index in [9.17, 15) is 4.79 Å².